The van der Waals surface area contributed by atoms with Gasteiger partial charge in [0, 0.05) is 30.5 Å². The number of amides is 3. The van der Waals surface area contributed by atoms with Gasteiger partial charge in [-0.3, -0.25) is 29.4 Å². The molecule has 0 unspecified atom stereocenters. The van der Waals surface area contributed by atoms with E-state index in [4.69, 9.17) is 4.42 Å². The first-order valence-corrected chi connectivity index (χ1v) is 9.33. The van der Waals surface area contributed by atoms with Crippen molar-refractivity contribution in [3.8, 4) is 0 Å². The molecule has 1 aliphatic rings. The van der Waals surface area contributed by atoms with Crippen LogP contribution in [0.4, 0.5) is 5.69 Å². The van der Waals surface area contributed by atoms with Crippen LogP contribution in [-0.4, -0.2) is 34.1 Å². The smallest absolute Gasteiger partial charge is 0.270 e. The molecule has 30 heavy (non-hydrogen) atoms. The van der Waals surface area contributed by atoms with Gasteiger partial charge in [0.05, 0.1) is 22.6 Å². The number of hydrogen-bond acceptors (Lipinski definition) is 6. The van der Waals surface area contributed by atoms with Crippen LogP contribution in [-0.2, 0) is 11.3 Å². The van der Waals surface area contributed by atoms with E-state index in [0.29, 0.717) is 5.76 Å². The number of hydrogen-bond donors (Lipinski definition) is 1. The number of furan rings is 1. The maximum Gasteiger partial charge on any atom is 0.270 e. The number of nitro groups is 1. The average molecular weight is 407 g/mol. The molecule has 1 N–H and O–H groups in total. The lowest BCUT2D eigenvalue weighted by molar-refractivity contribution is -0.384. The highest BCUT2D eigenvalue weighted by Gasteiger charge is 2.36. The lowest BCUT2D eigenvalue weighted by Crippen LogP contribution is -2.32. The van der Waals surface area contributed by atoms with Gasteiger partial charge in [-0.05, 0) is 24.6 Å². The predicted octanol–water partition coefficient (Wildman–Crippen LogP) is 3.03. The third kappa shape index (κ3) is 3.64. The maximum absolute atomic E-state index is 12.4. The van der Waals surface area contributed by atoms with Gasteiger partial charge in [-0.25, -0.2) is 0 Å². The Morgan fingerprint density at radius 2 is 1.83 bits per heavy atom. The zero-order valence-electron chi connectivity index (χ0n) is 15.8. The molecule has 0 aliphatic carbocycles. The average Bonchev–Trinajstić information content (AvgIpc) is 3.26. The van der Waals surface area contributed by atoms with E-state index in [2.05, 4.69) is 5.32 Å². The molecule has 2 heterocycles. The largest absolute Gasteiger partial charge is 0.459 e. The number of benzene rings is 2. The van der Waals surface area contributed by atoms with E-state index in [1.807, 2.05) is 30.3 Å². The van der Waals surface area contributed by atoms with E-state index in [-0.39, 0.29) is 48.7 Å². The molecule has 3 amide bonds. The summed E-state index contributed by atoms with van der Waals surface area (Å²) in [5, 5.41) is 14.6. The number of carbonyl (C=O) groups is 3. The summed E-state index contributed by atoms with van der Waals surface area (Å²) < 4.78 is 5.63. The molecule has 0 spiro atoms. The monoisotopic (exact) mass is 407 g/mol. The van der Waals surface area contributed by atoms with Gasteiger partial charge in [0.1, 0.15) is 11.3 Å². The van der Waals surface area contributed by atoms with Crippen molar-refractivity contribution in [1.82, 2.24) is 10.2 Å². The van der Waals surface area contributed by atoms with Crippen LogP contribution in [0.5, 0.6) is 0 Å². The zero-order chi connectivity index (χ0) is 21.3. The van der Waals surface area contributed by atoms with Crippen LogP contribution in [0.25, 0.3) is 11.0 Å². The van der Waals surface area contributed by atoms with Crippen molar-refractivity contribution >= 4 is 34.4 Å². The highest BCUT2D eigenvalue weighted by Crippen LogP contribution is 2.27. The molecule has 0 saturated heterocycles. The molecular weight excluding hydrogens is 390 g/mol. The van der Waals surface area contributed by atoms with Gasteiger partial charge in [-0.15, -0.1) is 0 Å². The summed E-state index contributed by atoms with van der Waals surface area (Å²) in [6.07, 6.45) is 0.396. The predicted molar refractivity (Wildman–Crippen MR) is 106 cm³/mol. The molecule has 0 atom stereocenters. The maximum atomic E-state index is 12.4. The van der Waals surface area contributed by atoms with E-state index < -0.39 is 16.7 Å². The third-order valence-corrected chi connectivity index (χ3v) is 4.89. The second kappa shape index (κ2) is 7.78. The standard InChI is InChI=1S/C21H17N3O6/c25-19(22-12-15-10-13-4-1-2-5-18(13)30-15)6-3-9-23-20(26)16-8-7-14(24(28)29)11-17(16)21(23)27/h1-2,4-5,7-8,10-11H,3,6,9,12H2,(H,22,25). The van der Waals surface area contributed by atoms with Crippen molar-refractivity contribution in [2.75, 3.05) is 6.54 Å². The fourth-order valence-electron chi connectivity index (χ4n) is 3.39. The van der Waals surface area contributed by atoms with Crippen LogP contribution in [0, 0.1) is 10.1 Å². The quantitative estimate of drug-likeness (QED) is 0.365. The molecule has 0 bridgehead atoms. The Morgan fingerprint density at radius 3 is 2.60 bits per heavy atom. The number of rotatable bonds is 7. The molecule has 0 fully saturated rings. The van der Waals surface area contributed by atoms with Gasteiger partial charge in [-0.2, -0.15) is 0 Å². The number of non-ortho nitro benzene ring substituents is 1. The van der Waals surface area contributed by atoms with Crippen LogP contribution in [0.15, 0.2) is 52.9 Å². The molecule has 152 valence electrons. The summed E-state index contributed by atoms with van der Waals surface area (Å²) in [5.41, 5.74) is 0.651. The molecular formula is C21H17N3O6. The Hall–Kier alpha value is -4.01. The minimum atomic E-state index is -0.618. The lowest BCUT2D eigenvalue weighted by atomic mass is 10.1. The zero-order valence-corrected chi connectivity index (χ0v) is 15.8. The fourth-order valence-corrected chi connectivity index (χ4v) is 3.39. The lowest BCUT2D eigenvalue weighted by Gasteiger charge is -2.13. The summed E-state index contributed by atoms with van der Waals surface area (Å²) in [4.78, 5) is 48.2. The van der Waals surface area contributed by atoms with Crippen molar-refractivity contribution in [2.24, 2.45) is 0 Å². The Labute approximate surface area is 170 Å². The molecule has 4 rings (SSSR count). The van der Waals surface area contributed by atoms with E-state index in [0.717, 1.165) is 21.9 Å². The first-order valence-electron chi connectivity index (χ1n) is 9.33. The van der Waals surface area contributed by atoms with Crippen molar-refractivity contribution in [3.63, 3.8) is 0 Å². The molecule has 3 aromatic rings. The highest BCUT2D eigenvalue weighted by molar-refractivity contribution is 6.21. The topological polar surface area (TPSA) is 123 Å². The van der Waals surface area contributed by atoms with Crippen molar-refractivity contribution in [1.29, 1.82) is 0 Å². The van der Waals surface area contributed by atoms with Gasteiger partial charge in [0.15, 0.2) is 0 Å². The minimum Gasteiger partial charge on any atom is -0.459 e. The summed E-state index contributed by atoms with van der Waals surface area (Å²) in [5.74, 6) is -0.692. The summed E-state index contributed by atoms with van der Waals surface area (Å²) in [6.45, 7) is 0.294. The molecule has 0 saturated carbocycles. The third-order valence-electron chi connectivity index (χ3n) is 4.89. The summed E-state index contributed by atoms with van der Waals surface area (Å²) in [6, 6.07) is 13.0. The van der Waals surface area contributed by atoms with E-state index in [9.17, 15) is 24.5 Å². The van der Waals surface area contributed by atoms with Crippen LogP contribution >= 0.6 is 0 Å². The summed E-state index contributed by atoms with van der Waals surface area (Å²) >= 11 is 0. The van der Waals surface area contributed by atoms with Crippen LogP contribution < -0.4 is 5.32 Å². The van der Waals surface area contributed by atoms with E-state index >= 15 is 0 Å². The van der Waals surface area contributed by atoms with Crippen LogP contribution in [0.2, 0.25) is 0 Å². The van der Waals surface area contributed by atoms with Crippen molar-refractivity contribution < 1.29 is 23.7 Å². The SMILES string of the molecule is O=C(CCCN1C(=O)c2ccc([N+](=O)[O-])cc2C1=O)NCc1cc2ccccc2o1. The van der Waals surface area contributed by atoms with E-state index in [1.54, 1.807) is 0 Å². The van der Waals surface area contributed by atoms with Crippen molar-refractivity contribution in [3.05, 3.63) is 75.5 Å². The van der Waals surface area contributed by atoms with Gasteiger partial charge in [-0.1, -0.05) is 18.2 Å². The Bertz CT molecular complexity index is 1150. The van der Waals surface area contributed by atoms with Crippen molar-refractivity contribution in [2.45, 2.75) is 19.4 Å². The number of fused-ring (bicyclic) bond motifs is 2. The Kier molecular flexibility index (Phi) is 5.01. The fraction of sp³-hybridized carbons (Fsp3) is 0.190. The number of nitrogens with one attached hydrogen (secondary N) is 1. The van der Waals surface area contributed by atoms with Gasteiger partial charge >= 0.3 is 0 Å². The van der Waals surface area contributed by atoms with Gasteiger partial charge < -0.3 is 9.73 Å². The molecule has 2 aromatic carbocycles. The number of carbonyl (C=O) groups excluding carboxylic acids is 3. The number of nitrogens with zero attached hydrogens (tertiary/aromatic N) is 2. The minimum absolute atomic E-state index is 0.0172. The number of para-hydroxylation sites is 1. The van der Waals surface area contributed by atoms with Gasteiger partial charge in [0.25, 0.3) is 17.5 Å². The van der Waals surface area contributed by atoms with Crippen LogP contribution in [0.3, 0.4) is 0 Å². The summed E-state index contributed by atoms with van der Waals surface area (Å²) in [7, 11) is 0. The normalized spacial score (nSPS) is 13.0. The molecule has 0 radical (unpaired) electrons. The number of imide groups is 1. The Balaban J connectivity index is 1.29. The van der Waals surface area contributed by atoms with E-state index in [1.165, 1.54) is 12.1 Å². The first kappa shape index (κ1) is 19.3. The second-order valence-electron chi connectivity index (χ2n) is 6.88. The number of nitro benzene ring substituents is 1. The Morgan fingerprint density at radius 1 is 1.07 bits per heavy atom. The van der Waals surface area contributed by atoms with Crippen LogP contribution in [0.1, 0.15) is 39.3 Å². The molecule has 1 aromatic heterocycles. The first-order chi connectivity index (χ1) is 14.4. The molecule has 9 nitrogen and oxygen atoms in total. The van der Waals surface area contributed by atoms with Gasteiger partial charge in [0.2, 0.25) is 5.91 Å². The molecule has 1 aliphatic heterocycles. The highest BCUT2D eigenvalue weighted by atomic mass is 16.6. The molecule has 9 heteroatoms. The second-order valence-corrected chi connectivity index (χ2v) is 6.88.